The maximum Gasteiger partial charge on any atom is 0.424 e. The predicted octanol–water partition coefficient (Wildman–Crippen LogP) is 1.80. The monoisotopic (exact) mass is 333 g/mol. The average molecular weight is 334 g/mol. The summed E-state index contributed by atoms with van der Waals surface area (Å²) in [5, 5.41) is 0.686. The smallest absolute Gasteiger partial charge is 0.424 e. The van der Waals surface area contributed by atoms with Crippen LogP contribution in [0.15, 0.2) is 57.7 Å². The fraction of sp³-hybridized carbons (Fsp3) is 0.235. The van der Waals surface area contributed by atoms with Crippen LogP contribution in [0.1, 0.15) is 0 Å². The van der Waals surface area contributed by atoms with Gasteiger partial charge in [-0.25, -0.2) is 9.36 Å². The minimum atomic E-state index is -0.329. The first-order valence-electron chi connectivity index (χ1n) is 7.41. The molecule has 23 heavy (non-hydrogen) atoms. The Bertz CT molecular complexity index is 839. The first-order valence-corrected chi connectivity index (χ1v) is 7.79. The molecule has 0 spiro atoms. The van der Waals surface area contributed by atoms with Gasteiger partial charge in [0, 0.05) is 5.02 Å². The van der Waals surface area contributed by atoms with Crippen LogP contribution in [0.3, 0.4) is 0 Å². The van der Waals surface area contributed by atoms with Gasteiger partial charge in [-0.05, 0) is 36.4 Å². The van der Waals surface area contributed by atoms with E-state index in [0.717, 1.165) is 22.7 Å². The van der Waals surface area contributed by atoms with Gasteiger partial charge in [0.05, 0.1) is 12.6 Å². The van der Waals surface area contributed by atoms with Crippen LogP contribution in [-0.2, 0) is 6.67 Å². The molecule has 0 aliphatic rings. The Morgan fingerprint density at radius 3 is 2.70 bits per heavy atom. The summed E-state index contributed by atoms with van der Waals surface area (Å²) in [6.45, 7) is 1.84. The van der Waals surface area contributed by atoms with Crippen molar-refractivity contribution in [3.63, 3.8) is 0 Å². The first kappa shape index (κ1) is 15.6. The zero-order valence-electron chi connectivity index (χ0n) is 12.8. The van der Waals surface area contributed by atoms with E-state index >= 15 is 0 Å². The number of benzene rings is 2. The van der Waals surface area contributed by atoms with E-state index in [1.165, 1.54) is 0 Å². The van der Waals surface area contributed by atoms with E-state index < -0.39 is 0 Å². The molecule has 2 aromatic carbocycles. The van der Waals surface area contributed by atoms with Crippen molar-refractivity contribution in [2.45, 2.75) is 6.67 Å². The minimum absolute atomic E-state index is 0.329. The van der Waals surface area contributed by atoms with Crippen molar-refractivity contribution < 1.29 is 14.1 Å². The van der Waals surface area contributed by atoms with Gasteiger partial charge in [0.1, 0.15) is 18.9 Å². The molecule has 120 valence electrons. The number of likely N-dealkylation sites (N-methyl/N-ethyl adjacent to an activating group) is 1. The highest BCUT2D eigenvalue weighted by molar-refractivity contribution is 6.30. The summed E-state index contributed by atoms with van der Waals surface area (Å²) in [6, 6.07) is 14.7. The molecule has 3 rings (SSSR count). The molecule has 1 heterocycles. The van der Waals surface area contributed by atoms with Gasteiger partial charge in [-0.15, -0.1) is 0 Å². The average Bonchev–Trinajstić information content (AvgIpc) is 2.85. The number of rotatable bonds is 6. The first-order chi connectivity index (χ1) is 11.1. The second-order valence-corrected chi connectivity index (χ2v) is 5.87. The zero-order chi connectivity index (χ0) is 16.2. The normalized spacial score (nSPS) is 12.4. The fourth-order valence-corrected chi connectivity index (χ4v) is 2.51. The van der Waals surface area contributed by atoms with Crippen LogP contribution in [0.5, 0.6) is 5.75 Å². The SMILES string of the molecule is C[NH+](CCOc1ccc(Cl)cc1)Cn1c(=O)oc2ccccc21. The summed E-state index contributed by atoms with van der Waals surface area (Å²) < 4.78 is 12.6. The van der Waals surface area contributed by atoms with E-state index in [2.05, 4.69) is 0 Å². The molecule has 0 aliphatic heterocycles. The number of nitrogens with one attached hydrogen (secondary N) is 1. The summed E-state index contributed by atoms with van der Waals surface area (Å²) >= 11 is 5.84. The van der Waals surface area contributed by atoms with Crippen LogP contribution in [0.4, 0.5) is 0 Å². The van der Waals surface area contributed by atoms with E-state index in [1.54, 1.807) is 22.8 Å². The molecule has 3 aromatic rings. The Morgan fingerprint density at radius 2 is 1.91 bits per heavy atom. The van der Waals surface area contributed by atoms with Crippen molar-refractivity contribution >= 4 is 22.7 Å². The zero-order valence-corrected chi connectivity index (χ0v) is 13.5. The molecule has 0 bridgehead atoms. The molecule has 0 amide bonds. The van der Waals surface area contributed by atoms with Gasteiger partial charge in [0.2, 0.25) is 0 Å². The van der Waals surface area contributed by atoms with Crippen LogP contribution in [0.25, 0.3) is 11.1 Å². The summed E-state index contributed by atoms with van der Waals surface area (Å²) in [4.78, 5) is 13.1. The largest absolute Gasteiger partial charge is 0.488 e. The molecule has 0 saturated heterocycles. The van der Waals surface area contributed by atoms with Crippen LogP contribution in [0, 0.1) is 0 Å². The van der Waals surface area contributed by atoms with Crippen molar-refractivity contribution in [1.29, 1.82) is 0 Å². The van der Waals surface area contributed by atoms with E-state index in [-0.39, 0.29) is 5.76 Å². The number of oxazole rings is 1. The number of nitrogens with zero attached hydrogens (tertiary/aromatic N) is 1. The Kier molecular flexibility index (Phi) is 4.69. The lowest BCUT2D eigenvalue weighted by molar-refractivity contribution is -0.903. The van der Waals surface area contributed by atoms with Crippen molar-refractivity contribution in [1.82, 2.24) is 4.57 Å². The lowest BCUT2D eigenvalue weighted by Crippen LogP contribution is -3.09. The molecule has 1 N–H and O–H groups in total. The molecular weight excluding hydrogens is 316 g/mol. The van der Waals surface area contributed by atoms with Gasteiger partial charge in [0.25, 0.3) is 0 Å². The van der Waals surface area contributed by atoms with Gasteiger partial charge >= 0.3 is 5.76 Å². The van der Waals surface area contributed by atoms with Crippen molar-refractivity contribution in [3.05, 3.63) is 64.1 Å². The number of hydrogen-bond donors (Lipinski definition) is 1. The molecule has 6 heteroatoms. The number of quaternary nitrogens is 1. The molecular formula is C17H18ClN2O3+. The molecule has 1 atom stereocenters. The third-order valence-corrected chi connectivity index (χ3v) is 3.86. The Hall–Kier alpha value is -2.24. The highest BCUT2D eigenvalue weighted by Crippen LogP contribution is 2.15. The summed E-state index contributed by atoms with van der Waals surface area (Å²) in [7, 11) is 2.01. The topological polar surface area (TPSA) is 48.8 Å². The molecule has 1 unspecified atom stereocenters. The van der Waals surface area contributed by atoms with Gasteiger partial charge in [-0.3, -0.25) is 0 Å². The van der Waals surface area contributed by atoms with Gasteiger partial charge < -0.3 is 14.1 Å². The second kappa shape index (κ2) is 6.89. The number of halogens is 1. The van der Waals surface area contributed by atoms with Crippen LogP contribution < -0.4 is 15.4 Å². The van der Waals surface area contributed by atoms with Crippen molar-refractivity contribution in [2.24, 2.45) is 0 Å². The standard InChI is InChI=1S/C17H17ClN2O3/c1-19(10-11-22-14-8-6-13(18)7-9-14)12-20-15-4-2-3-5-16(15)23-17(20)21/h2-9H,10-12H2,1H3/p+1. The number of ether oxygens (including phenoxy) is 1. The van der Waals surface area contributed by atoms with Crippen LogP contribution >= 0.6 is 11.6 Å². The molecule has 1 aromatic heterocycles. The van der Waals surface area contributed by atoms with E-state index in [1.807, 2.05) is 37.4 Å². The molecule has 0 saturated carbocycles. The van der Waals surface area contributed by atoms with Crippen molar-refractivity contribution in [2.75, 3.05) is 20.2 Å². The molecule has 0 fully saturated rings. The lowest BCUT2D eigenvalue weighted by Gasteiger charge is -2.14. The predicted molar refractivity (Wildman–Crippen MR) is 89.2 cm³/mol. The minimum Gasteiger partial charge on any atom is -0.488 e. The summed E-state index contributed by atoms with van der Waals surface area (Å²) in [6.07, 6.45) is 0. The Balaban J connectivity index is 1.58. The number of fused-ring (bicyclic) bond motifs is 1. The number of hydrogen-bond acceptors (Lipinski definition) is 3. The van der Waals surface area contributed by atoms with E-state index in [4.69, 9.17) is 20.8 Å². The van der Waals surface area contributed by atoms with Gasteiger partial charge in [-0.2, -0.15) is 0 Å². The van der Waals surface area contributed by atoms with Crippen LogP contribution in [-0.4, -0.2) is 24.8 Å². The van der Waals surface area contributed by atoms with E-state index in [0.29, 0.717) is 23.9 Å². The quantitative estimate of drug-likeness (QED) is 0.748. The van der Waals surface area contributed by atoms with Gasteiger partial charge in [-0.1, -0.05) is 23.7 Å². The number of aromatic nitrogens is 1. The van der Waals surface area contributed by atoms with E-state index in [9.17, 15) is 4.79 Å². The Morgan fingerprint density at radius 1 is 1.17 bits per heavy atom. The summed E-state index contributed by atoms with van der Waals surface area (Å²) in [5.41, 5.74) is 1.43. The third-order valence-electron chi connectivity index (χ3n) is 3.61. The second-order valence-electron chi connectivity index (χ2n) is 5.43. The fourth-order valence-electron chi connectivity index (χ4n) is 2.39. The number of para-hydroxylation sites is 2. The lowest BCUT2D eigenvalue weighted by atomic mass is 10.3. The van der Waals surface area contributed by atoms with Crippen molar-refractivity contribution in [3.8, 4) is 5.75 Å². The third kappa shape index (κ3) is 3.75. The van der Waals surface area contributed by atoms with Crippen LogP contribution in [0.2, 0.25) is 5.02 Å². The molecule has 5 nitrogen and oxygen atoms in total. The van der Waals surface area contributed by atoms with Gasteiger partial charge in [0.15, 0.2) is 12.3 Å². The maximum absolute atomic E-state index is 11.9. The summed E-state index contributed by atoms with van der Waals surface area (Å²) in [5.74, 6) is 0.456. The molecule has 0 radical (unpaired) electrons. The highest BCUT2D eigenvalue weighted by atomic mass is 35.5. The maximum atomic E-state index is 11.9. The Labute approximate surface area is 138 Å². The highest BCUT2D eigenvalue weighted by Gasteiger charge is 2.12. The molecule has 0 aliphatic carbocycles.